The van der Waals surface area contributed by atoms with E-state index < -0.39 is 0 Å². The van der Waals surface area contributed by atoms with Crippen LogP contribution in [0.1, 0.15) is 79.6 Å². The maximum atomic E-state index is 2.83. The van der Waals surface area contributed by atoms with Gasteiger partial charge in [0, 0.05) is 45.3 Å². The number of hydrogen-bond acceptors (Lipinski definition) is 3. The standard InChI is InChI=1S/C24H47N3/c1-6-7-23(19-26-14-16-27(17-15-26)22(4)5)10-12-25(13-11-23)20-24(8-9-24)18-21(2)3/h21-22H,6-20H2,1-5H3. The Morgan fingerprint density at radius 1 is 0.704 bits per heavy atom. The number of rotatable bonds is 9. The summed E-state index contributed by atoms with van der Waals surface area (Å²) >= 11 is 0. The first-order valence-electron chi connectivity index (χ1n) is 12.0. The highest BCUT2D eigenvalue weighted by Gasteiger charge is 2.45. The van der Waals surface area contributed by atoms with Gasteiger partial charge in [-0.3, -0.25) is 4.90 Å². The molecular formula is C24H47N3. The molecule has 0 aromatic rings. The lowest BCUT2D eigenvalue weighted by molar-refractivity contribution is 0.0214. The molecule has 2 saturated heterocycles. The molecule has 3 aliphatic rings. The van der Waals surface area contributed by atoms with Crippen molar-refractivity contribution in [2.45, 2.75) is 85.6 Å². The van der Waals surface area contributed by atoms with Crippen LogP contribution in [0.15, 0.2) is 0 Å². The van der Waals surface area contributed by atoms with Crippen molar-refractivity contribution < 1.29 is 0 Å². The number of nitrogens with zero attached hydrogens (tertiary/aromatic N) is 3. The SMILES string of the molecule is CCCC1(CN2CCN(C(C)C)CC2)CCN(CC2(CC(C)C)CC2)CC1. The van der Waals surface area contributed by atoms with Crippen LogP contribution in [0.3, 0.4) is 0 Å². The van der Waals surface area contributed by atoms with Crippen molar-refractivity contribution in [3.05, 3.63) is 0 Å². The van der Waals surface area contributed by atoms with Crippen LogP contribution in [0.25, 0.3) is 0 Å². The number of piperazine rings is 1. The smallest absolute Gasteiger partial charge is 0.0113 e. The Morgan fingerprint density at radius 2 is 1.26 bits per heavy atom. The Hall–Kier alpha value is -0.120. The van der Waals surface area contributed by atoms with Gasteiger partial charge in [-0.2, -0.15) is 0 Å². The molecule has 0 spiro atoms. The molecule has 0 amide bonds. The van der Waals surface area contributed by atoms with E-state index in [0.717, 1.165) is 5.92 Å². The van der Waals surface area contributed by atoms with Gasteiger partial charge in [0.1, 0.15) is 0 Å². The summed E-state index contributed by atoms with van der Waals surface area (Å²) in [5.41, 5.74) is 1.30. The Labute approximate surface area is 169 Å². The van der Waals surface area contributed by atoms with Crippen LogP contribution in [0.2, 0.25) is 0 Å². The minimum atomic E-state index is 0.597. The molecule has 1 saturated carbocycles. The van der Waals surface area contributed by atoms with E-state index in [2.05, 4.69) is 49.3 Å². The zero-order chi connectivity index (χ0) is 19.5. The lowest BCUT2D eigenvalue weighted by atomic mass is 9.74. The van der Waals surface area contributed by atoms with Crippen LogP contribution >= 0.6 is 0 Å². The summed E-state index contributed by atoms with van der Waals surface area (Å²) in [6.45, 7) is 22.4. The van der Waals surface area contributed by atoms with Gasteiger partial charge < -0.3 is 9.80 Å². The number of piperidine rings is 1. The molecule has 158 valence electrons. The van der Waals surface area contributed by atoms with Crippen molar-refractivity contribution in [3.8, 4) is 0 Å². The lowest BCUT2D eigenvalue weighted by Gasteiger charge is -2.47. The van der Waals surface area contributed by atoms with E-state index in [4.69, 9.17) is 0 Å². The summed E-state index contributed by atoms with van der Waals surface area (Å²) < 4.78 is 0. The Kier molecular flexibility index (Phi) is 7.30. The molecular weight excluding hydrogens is 330 g/mol. The third-order valence-electron chi connectivity index (χ3n) is 7.75. The van der Waals surface area contributed by atoms with Gasteiger partial charge in [0.05, 0.1) is 0 Å². The first kappa shape index (κ1) is 21.6. The Bertz CT molecular complexity index is 439. The Morgan fingerprint density at radius 3 is 1.74 bits per heavy atom. The van der Waals surface area contributed by atoms with E-state index in [0.29, 0.717) is 16.9 Å². The topological polar surface area (TPSA) is 9.72 Å². The van der Waals surface area contributed by atoms with Crippen molar-refractivity contribution in [1.82, 2.24) is 14.7 Å². The fourth-order valence-electron chi connectivity index (χ4n) is 6.06. The normalized spacial score (nSPS) is 26.8. The summed E-state index contributed by atoms with van der Waals surface area (Å²) in [6.07, 6.45) is 10.1. The first-order valence-corrected chi connectivity index (χ1v) is 12.0. The highest BCUT2D eigenvalue weighted by molar-refractivity contribution is 4.98. The van der Waals surface area contributed by atoms with Crippen LogP contribution in [-0.2, 0) is 0 Å². The van der Waals surface area contributed by atoms with Crippen molar-refractivity contribution in [1.29, 1.82) is 0 Å². The molecule has 0 radical (unpaired) electrons. The number of likely N-dealkylation sites (tertiary alicyclic amines) is 1. The Balaban J connectivity index is 1.49. The van der Waals surface area contributed by atoms with Crippen molar-refractivity contribution in [3.63, 3.8) is 0 Å². The van der Waals surface area contributed by atoms with Crippen molar-refractivity contribution >= 4 is 0 Å². The average Bonchev–Trinajstić information content (AvgIpc) is 3.36. The van der Waals surface area contributed by atoms with Gasteiger partial charge >= 0.3 is 0 Å². The molecule has 2 aliphatic heterocycles. The molecule has 3 rings (SSSR count). The second kappa shape index (κ2) is 9.13. The van der Waals surface area contributed by atoms with Gasteiger partial charge in [-0.25, -0.2) is 0 Å². The van der Waals surface area contributed by atoms with Crippen LogP contribution in [0.5, 0.6) is 0 Å². The predicted molar refractivity (Wildman–Crippen MR) is 117 cm³/mol. The maximum absolute atomic E-state index is 2.83. The summed E-state index contributed by atoms with van der Waals surface area (Å²) in [5, 5.41) is 0. The maximum Gasteiger partial charge on any atom is 0.0113 e. The molecule has 1 aliphatic carbocycles. The van der Waals surface area contributed by atoms with Crippen LogP contribution in [0.4, 0.5) is 0 Å². The van der Waals surface area contributed by atoms with Crippen LogP contribution < -0.4 is 0 Å². The third kappa shape index (κ3) is 5.93. The second-order valence-electron chi connectivity index (χ2n) is 11.0. The molecule has 0 bridgehead atoms. The summed E-state index contributed by atoms with van der Waals surface area (Å²) in [4.78, 5) is 8.28. The number of hydrogen-bond donors (Lipinski definition) is 0. The fraction of sp³-hybridized carbons (Fsp3) is 1.00. The van der Waals surface area contributed by atoms with E-state index in [1.807, 2.05) is 0 Å². The van der Waals surface area contributed by atoms with Gasteiger partial charge in [-0.15, -0.1) is 0 Å². The van der Waals surface area contributed by atoms with Crippen molar-refractivity contribution in [2.75, 3.05) is 52.4 Å². The molecule has 0 aromatic carbocycles. The van der Waals surface area contributed by atoms with Crippen molar-refractivity contribution in [2.24, 2.45) is 16.7 Å². The highest BCUT2D eigenvalue weighted by Crippen LogP contribution is 2.52. The molecule has 0 N–H and O–H groups in total. The monoisotopic (exact) mass is 377 g/mol. The largest absolute Gasteiger partial charge is 0.303 e. The zero-order valence-corrected chi connectivity index (χ0v) is 19.1. The third-order valence-corrected chi connectivity index (χ3v) is 7.75. The molecule has 0 atom stereocenters. The van der Waals surface area contributed by atoms with Crippen LogP contribution in [0, 0.1) is 16.7 Å². The highest BCUT2D eigenvalue weighted by atomic mass is 15.3. The molecule has 0 aromatic heterocycles. The van der Waals surface area contributed by atoms with E-state index in [9.17, 15) is 0 Å². The minimum Gasteiger partial charge on any atom is -0.303 e. The summed E-state index contributed by atoms with van der Waals surface area (Å²) in [5.74, 6) is 0.862. The first-order chi connectivity index (χ1) is 12.9. The zero-order valence-electron chi connectivity index (χ0n) is 19.1. The van der Waals surface area contributed by atoms with E-state index in [1.165, 1.54) is 97.3 Å². The van der Waals surface area contributed by atoms with Gasteiger partial charge in [0.2, 0.25) is 0 Å². The van der Waals surface area contributed by atoms with Gasteiger partial charge in [-0.1, -0.05) is 27.2 Å². The summed E-state index contributed by atoms with van der Waals surface area (Å²) in [6, 6.07) is 0.709. The molecule has 27 heavy (non-hydrogen) atoms. The predicted octanol–water partition coefficient (Wildman–Crippen LogP) is 4.72. The molecule has 0 unspecified atom stereocenters. The van der Waals surface area contributed by atoms with E-state index in [-0.39, 0.29) is 0 Å². The summed E-state index contributed by atoms with van der Waals surface area (Å²) in [7, 11) is 0. The van der Waals surface area contributed by atoms with E-state index >= 15 is 0 Å². The van der Waals surface area contributed by atoms with E-state index in [1.54, 1.807) is 0 Å². The second-order valence-corrected chi connectivity index (χ2v) is 11.0. The quantitative estimate of drug-likeness (QED) is 0.575. The van der Waals surface area contributed by atoms with Gasteiger partial charge in [-0.05, 0) is 82.2 Å². The van der Waals surface area contributed by atoms with Crippen LogP contribution in [-0.4, -0.2) is 73.1 Å². The van der Waals surface area contributed by atoms with Gasteiger partial charge in [0.25, 0.3) is 0 Å². The molecule has 2 heterocycles. The molecule has 3 fully saturated rings. The lowest BCUT2D eigenvalue weighted by Crippen LogP contribution is -2.53. The molecule has 3 heteroatoms. The fourth-order valence-corrected chi connectivity index (χ4v) is 6.06. The van der Waals surface area contributed by atoms with Gasteiger partial charge in [0.15, 0.2) is 0 Å². The molecule has 3 nitrogen and oxygen atoms in total. The minimum absolute atomic E-state index is 0.597. The average molecular weight is 378 g/mol.